The maximum absolute atomic E-state index is 10.7. The Morgan fingerprint density at radius 3 is 3.00 bits per heavy atom. The summed E-state index contributed by atoms with van der Waals surface area (Å²) in [4.78, 5) is 10.4. The molecule has 1 aliphatic heterocycles. The van der Waals surface area contributed by atoms with E-state index in [0.717, 1.165) is 44.6 Å². The number of hydrogen-bond donors (Lipinski definition) is 4. The molecule has 2 unspecified atom stereocenters. The minimum atomic E-state index is -0.484. The van der Waals surface area contributed by atoms with Gasteiger partial charge in [0.1, 0.15) is 11.6 Å². The first-order chi connectivity index (χ1) is 9.60. The number of piperidine rings is 1. The minimum Gasteiger partial charge on any atom is -0.389 e. The lowest BCUT2D eigenvalue weighted by Crippen LogP contribution is -2.53. The predicted octanol–water partition coefficient (Wildman–Crippen LogP) is 0.476. The maximum Gasteiger partial charge on any atom is 0.223 e. The van der Waals surface area contributed by atoms with E-state index in [4.69, 9.17) is 11.6 Å². The van der Waals surface area contributed by atoms with Crippen LogP contribution < -0.4 is 21.9 Å². The summed E-state index contributed by atoms with van der Waals surface area (Å²) in [6.07, 6.45) is 5.12. The molecule has 1 aromatic heterocycles. The molecule has 1 aliphatic carbocycles. The number of hydrazine groups is 1. The Kier molecular flexibility index (Phi) is 3.39. The van der Waals surface area contributed by atoms with Crippen LogP contribution in [0.5, 0.6) is 0 Å². The number of rotatable bonds is 2. The highest BCUT2D eigenvalue weighted by atomic mass is 16.3. The molecule has 7 nitrogen and oxygen atoms in total. The number of aliphatic hydroxyl groups is 1. The SMILES string of the molecule is NNc1cc(N2CCC3(O)CCCCC3C2)nc(N)n1. The molecule has 3 rings (SSSR count). The molecule has 0 bridgehead atoms. The minimum absolute atomic E-state index is 0.208. The molecule has 7 heteroatoms. The molecule has 20 heavy (non-hydrogen) atoms. The molecule has 0 amide bonds. The zero-order valence-corrected chi connectivity index (χ0v) is 11.5. The molecule has 1 aromatic rings. The van der Waals surface area contributed by atoms with Gasteiger partial charge in [-0.1, -0.05) is 12.8 Å². The fraction of sp³-hybridized carbons (Fsp3) is 0.692. The monoisotopic (exact) mass is 278 g/mol. The second kappa shape index (κ2) is 5.06. The van der Waals surface area contributed by atoms with E-state index in [1.165, 1.54) is 6.42 Å². The highest BCUT2D eigenvalue weighted by Crippen LogP contribution is 2.40. The van der Waals surface area contributed by atoms with E-state index in [0.29, 0.717) is 11.7 Å². The molecule has 1 saturated heterocycles. The van der Waals surface area contributed by atoms with Crippen molar-refractivity contribution in [3.05, 3.63) is 6.07 Å². The van der Waals surface area contributed by atoms with Crippen LogP contribution in [-0.4, -0.2) is 33.8 Å². The Morgan fingerprint density at radius 2 is 2.20 bits per heavy atom. The zero-order valence-electron chi connectivity index (χ0n) is 11.5. The molecular formula is C13H22N6O. The van der Waals surface area contributed by atoms with Crippen LogP contribution >= 0.6 is 0 Å². The van der Waals surface area contributed by atoms with Gasteiger partial charge in [0, 0.05) is 25.1 Å². The first-order valence-electron chi connectivity index (χ1n) is 7.19. The summed E-state index contributed by atoms with van der Waals surface area (Å²) in [5.41, 5.74) is 7.73. The van der Waals surface area contributed by atoms with Crippen LogP contribution in [0.15, 0.2) is 6.07 Å². The van der Waals surface area contributed by atoms with Crippen molar-refractivity contribution < 1.29 is 5.11 Å². The lowest BCUT2D eigenvalue weighted by atomic mass is 9.71. The van der Waals surface area contributed by atoms with Gasteiger partial charge in [0.15, 0.2) is 0 Å². The Balaban J connectivity index is 1.80. The lowest BCUT2D eigenvalue weighted by Gasteiger charge is -2.47. The van der Waals surface area contributed by atoms with Gasteiger partial charge < -0.3 is 21.2 Å². The third kappa shape index (κ3) is 2.38. The molecule has 0 radical (unpaired) electrons. The average molecular weight is 278 g/mol. The molecule has 110 valence electrons. The van der Waals surface area contributed by atoms with Crippen molar-refractivity contribution in [3.8, 4) is 0 Å². The summed E-state index contributed by atoms with van der Waals surface area (Å²) in [5, 5.41) is 10.7. The average Bonchev–Trinajstić information content (AvgIpc) is 2.45. The normalized spacial score (nSPS) is 29.9. The number of nitrogen functional groups attached to an aromatic ring is 2. The number of anilines is 3. The highest BCUT2D eigenvalue weighted by Gasteiger charge is 2.43. The van der Waals surface area contributed by atoms with Crippen LogP contribution in [-0.2, 0) is 0 Å². The van der Waals surface area contributed by atoms with Crippen LogP contribution in [0.3, 0.4) is 0 Å². The fourth-order valence-electron chi connectivity index (χ4n) is 3.47. The summed E-state index contributed by atoms with van der Waals surface area (Å²) in [7, 11) is 0. The summed E-state index contributed by atoms with van der Waals surface area (Å²) < 4.78 is 0. The number of fused-ring (bicyclic) bond motifs is 1. The molecule has 6 N–H and O–H groups in total. The molecular weight excluding hydrogens is 256 g/mol. The van der Waals surface area contributed by atoms with Crippen molar-refractivity contribution >= 4 is 17.6 Å². The Hall–Kier alpha value is -1.60. The van der Waals surface area contributed by atoms with Crippen LogP contribution in [0.1, 0.15) is 32.1 Å². The largest absolute Gasteiger partial charge is 0.389 e. The van der Waals surface area contributed by atoms with Gasteiger partial charge >= 0.3 is 0 Å². The van der Waals surface area contributed by atoms with E-state index in [9.17, 15) is 5.11 Å². The quantitative estimate of drug-likeness (QED) is 0.459. The standard InChI is InChI=1S/C13H22N6O/c14-12-16-10(18-15)7-11(17-12)19-6-5-13(20)4-2-1-3-9(13)8-19/h7,9,20H,1-6,8,15H2,(H3,14,16,17,18). The van der Waals surface area contributed by atoms with Crippen molar-refractivity contribution in [1.29, 1.82) is 0 Å². The second-order valence-corrected chi connectivity index (χ2v) is 5.86. The van der Waals surface area contributed by atoms with E-state index in [1.807, 2.05) is 0 Å². The molecule has 2 atom stereocenters. The van der Waals surface area contributed by atoms with Gasteiger partial charge in [-0.3, -0.25) is 0 Å². The van der Waals surface area contributed by atoms with Gasteiger partial charge in [-0.05, 0) is 19.3 Å². The van der Waals surface area contributed by atoms with Crippen LogP contribution in [0, 0.1) is 5.92 Å². The number of nitrogens with zero attached hydrogens (tertiary/aromatic N) is 3. The molecule has 2 heterocycles. The Morgan fingerprint density at radius 1 is 1.35 bits per heavy atom. The van der Waals surface area contributed by atoms with Gasteiger partial charge in [0.05, 0.1) is 5.60 Å². The van der Waals surface area contributed by atoms with Crippen molar-refractivity contribution in [2.75, 3.05) is 29.1 Å². The third-order valence-electron chi connectivity index (χ3n) is 4.63. The van der Waals surface area contributed by atoms with Crippen molar-refractivity contribution in [3.63, 3.8) is 0 Å². The van der Waals surface area contributed by atoms with E-state index in [-0.39, 0.29) is 5.95 Å². The van der Waals surface area contributed by atoms with Crippen molar-refractivity contribution in [2.24, 2.45) is 11.8 Å². The number of nitrogens with one attached hydrogen (secondary N) is 1. The van der Waals surface area contributed by atoms with Gasteiger partial charge in [0.25, 0.3) is 0 Å². The van der Waals surface area contributed by atoms with Gasteiger partial charge in [-0.25, -0.2) is 5.84 Å². The first-order valence-corrected chi connectivity index (χ1v) is 7.19. The second-order valence-electron chi connectivity index (χ2n) is 5.86. The maximum atomic E-state index is 10.7. The lowest BCUT2D eigenvalue weighted by molar-refractivity contribution is -0.0613. The summed E-state index contributed by atoms with van der Waals surface area (Å²) in [6, 6.07) is 1.80. The molecule has 0 aromatic carbocycles. The van der Waals surface area contributed by atoms with Gasteiger partial charge in [-0.2, -0.15) is 9.97 Å². The van der Waals surface area contributed by atoms with Crippen LogP contribution in [0.4, 0.5) is 17.6 Å². The van der Waals surface area contributed by atoms with E-state index in [2.05, 4.69) is 20.3 Å². The Labute approximate surface area is 118 Å². The van der Waals surface area contributed by atoms with Gasteiger partial charge in [0.2, 0.25) is 5.95 Å². The Bertz CT molecular complexity index is 496. The number of hydrogen-bond acceptors (Lipinski definition) is 7. The van der Waals surface area contributed by atoms with Crippen LogP contribution in [0.2, 0.25) is 0 Å². The van der Waals surface area contributed by atoms with E-state index < -0.39 is 5.60 Å². The fourth-order valence-corrected chi connectivity index (χ4v) is 3.47. The summed E-state index contributed by atoms with van der Waals surface area (Å²) in [5.74, 6) is 7.20. The number of nitrogens with two attached hydrogens (primary N) is 2. The molecule has 2 fully saturated rings. The summed E-state index contributed by atoms with van der Waals surface area (Å²) in [6.45, 7) is 1.60. The molecule has 1 saturated carbocycles. The molecule has 0 spiro atoms. The van der Waals surface area contributed by atoms with Crippen molar-refractivity contribution in [2.45, 2.75) is 37.7 Å². The smallest absolute Gasteiger partial charge is 0.223 e. The third-order valence-corrected chi connectivity index (χ3v) is 4.63. The van der Waals surface area contributed by atoms with E-state index >= 15 is 0 Å². The summed E-state index contributed by atoms with van der Waals surface area (Å²) >= 11 is 0. The van der Waals surface area contributed by atoms with Gasteiger partial charge in [-0.15, -0.1) is 0 Å². The predicted molar refractivity (Wildman–Crippen MR) is 78.0 cm³/mol. The van der Waals surface area contributed by atoms with E-state index in [1.54, 1.807) is 6.07 Å². The zero-order chi connectivity index (χ0) is 14.2. The molecule has 2 aliphatic rings. The highest BCUT2D eigenvalue weighted by molar-refractivity contribution is 5.52. The number of aromatic nitrogens is 2. The topological polar surface area (TPSA) is 113 Å². The van der Waals surface area contributed by atoms with Crippen LogP contribution in [0.25, 0.3) is 0 Å². The van der Waals surface area contributed by atoms with Crippen molar-refractivity contribution in [1.82, 2.24) is 9.97 Å². The first kappa shape index (κ1) is 13.4.